The molecule has 1 amide bonds. The van der Waals surface area contributed by atoms with Crippen LogP contribution in [0.1, 0.15) is 10.4 Å². The molecule has 1 rings (SSSR count). The van der Waals surface area contributed by atoms with E-state index < -0.39 is 0 Å². The van der Waals surface area contributed by atoms with E-state index in [0.717, 1.165) is 0 Å². The third-order valence-electron chi connectivity index (χ3n) is 2.33. The van der Waals surface area contributed by atoms with Crippen LogP contribution < -0.4 is 0 Å². The van der Waals surface area contributed by atoms with Crippen molar-refractivity contribution < 1.29 is 9.53 Å². The zero-order valence-electron chi connectivity index (χ0n) is 10.1. The summed E-state index contributed by atoms with van der Waals surface area (Å²) in [6, 6.07) is 4.77. The van der Waals surface area contributed by atoms with E-state index in [9.17, 15) is 4.79 Å². The second kappa shape index (κ2) is 7.19. The molecule has 0 aliphatic carbocycles. The van der Waals surface area contributed by atoms with Crippen LogP contribution in [0.25, 0.3) is 0 Å². The van der Waals surface area contributed by atoms with Crippen LogP contribution in [0.3, 0.4) is 0 Å². The van der Waals surface area contributed by atoms with Crippen LogP contribution in [-0.4, -0.2) is 43.5 Å². The van der Waals surface area contributed by atoms with Crippen molar-refractivity contribution in [2.45, 2.75) is 5.38 Å². The van der Waals surface area contributed by atoms with Crippen LogP contribution in [0.15, 0.2) is 18.2 Å². The number of carbonyl (C=O) groups is 1. The predicted molar refractivity (Wildman–Crippen MR) is 74.9 cm³/mol. The van der Waals surface area contributed by atoms with Crippen molar-refractivity contribution in [1.29, 1.82) is 0 Å². The molecule has 1 atom stereocenters. The third kappa shape index (κ3) is 4.32. The molecule has 0 spiro atoms. The standard InChI is InChI=1S/C12H14Cl3NO2/c1-16(6-9(13)7-18-2)12(17)8-3-4-10(14)11(15)5-8/h3-5,9H,6-7H2,1-2H3. The van der Waals surface area contributed by atoms with Gasteiger partial charge in [-0.3, -0.25) is 4.79 Å². The Morgan fingerprint density at radius 2 is 2.06 bits per heavy atom. The topological polar surface area (TPSA) is 29.5 Å². The SMILES string of the molecule is COCC(Cl)CN(C)C(=O)c1ccc(Cl)c(Cl)c1. The van der Waals surface area contributed by atoms with Gasteiger partial charge >= 0.3 is 0 Å². The molecule has 0 saturated carbocycles. The largest absolute Gasteiger partial charge is 0.383 e. The maximum absolute atomic E-state index is 12.1. The fraction of sp³-hybridized carbons (Fsp3) is 0.417. The van der Waals surface area contributed by atoms with Crippen molar-refractivity contribution in [1.82, 2.24) is 4.90 Å². The lowest BCUT2D eigenvalue weighted by molar-refractivity contribution is 0.0781. The third-order valence-corrected chi connectivity index (χ3v) is 3.34. The first-order chi connectivity index (χ1) is 8.45. The van der Waals surface area contributed by atoms with Crippen LogP contribution in [-0.2, 0) is 4.74 Å². The second-order valence-corrected chi connectivity index (χ2v) is 5.30. The Morgan fingerprint density at radius 1 is 1.39 bits per heavy atom. The normalized spacial score (nSPS) is 12.3. The lowest BCUT2D eigenvalue weighted by Gasteiger charge is -2.20. The fourth-order valence-corrected chi connectivity index (χ4v) is 2.09. The highest BCUT2D eigenvalue weighted by atomic mass is 35.5. The zero-order valence-corrected chi connectivity index (χ0v) is 12.4. The molecule has 6 heteroatoms. The Kier molecular flexibility index (Phi) is 6.22. The highest BCUT2D eigenvalue weighted by Gasteiger charge is 2.16. The first kappa shape index (κ1) is 15.6. The highest BCUT2D eigenvalue weighted by molar-refractivity contribution is 6.42. The summed E-state index contributed by atoms with van der Waals surface area (Å²) in [5, 5.41) is 0.535. The lowest BCUT2D eigenvalue weighted by atomic mass is 10.2. The van der Waals surface area contributed by atoms with Crippen LogP contribution in [0, 0.1) is 0 Å². The van der Waals surface area contributed by atoms with Crippen molar-refractivity contribution >= 4 is 40.7 Å². The van der Waals surface area contributed by atoms with Crippen molar-refractivity contribution in [2.75, 3.05) is 27.3 Å². The molecule has 100 valence electrons. The van der Waals surface area contributed by atoms with Gasteiger partial charge < -0.3 is 9.64 Å². The number of nitrogens with zero attached hydrogens (tertiary/aromatic N) is 1. The molecule has 1 aromatic rings. The van der Waals surface area contributed by atoms with Gasteiger partial charge in [-0.25, -0.2) is 0 Å². The van der Waals surface area contributed by atoms with E-state index in [1.54, 1.807) is 32.4 Å². The maximum Gasteiger partial charge on any atom is 0.253 e. The average molecular weight is 311 g/mol. The number of alkyl halides is 1. The van der Waals surface area contributed by atoms with Gasteiger partial charge in [0.2, 0.25) is 0 Å². The van der Waals surface area contributed by atoms with E-state index in [1.807, 2.05) is 0 Å². The number of benzene rings is 1. The van der Waals surface area contributed by atoms with Gasteiger partial charge in [0.25, 0.3) is 5.91 Å². The van der Waals surface area contributed by atoms with Crippen LogP contribution in [0.5, 0.6) is 0 Å². The maximum atomic E-state index is 12.1. The number of halogens is 3. The van der Waals surface area contributed by atoms with Gasteiger partial charge in [-0.15, -0.1) is 11.6 Å². The molecule has 0 aliphatic rings. The molecule has 0 radical (unpaired) electrons. The van der Waals surface area contributed by atoms with Gasteiger partial charge in [0.15, 0.2) is 0 Å². The number of hydrogen-bond acceptors (Lipinski definition) is 2. The number of carbonyl (C=O) groups excluding carboxylic acids is 1. The summed E-state index contributed by atoms with van der Waals surface area (Å²) >= 11 is 17.7. The van der Waals surface area contributed by atoms with Gasteiger partial charge in [-0.1, -0.05) is 23.2 Å². The zero-order chi connectivity index (χ0) is 13.7. The van der Waals surface area contributed by atoms with Crippen molar-refractivity contribution in [3.63, 3.8) is 0 Å². The Balaban J connectivity index is 2.71. The Morgan fingerprint density at radius 3 is 2.61 bits per heavy atom. The Labute approximate surface area is 122 Å². The molecule has 3 nitrogen and oxygen atoms in total. The van der Waals surface area contributed by atoms with Gasteiger partial charge in [-0.2, -0.15) is 0 Å². The minimum atomic E-state index is -0.244. The van der Waals surface area contributed by atoms with Gasteiger partial charge in [-0.05, 0) is 18.2 Å². The summed E-state index contributed by atoms with van der Waals surface area (Å²) in [6.07, 6.45) is 0. The van der Waals surface area contributed by atoms with Crippen LogP contribution in [0.4, 0.5) is 0 Å². The summed E-state index contributed by atoms with van der Waals surface area (Å²) in [5.74, 6) is -0.157. The molecule has 0 saturated heterocycles. The number of rotatable bonds is 5. The number of hydrogen-bond donors (Lipinski definition) is 0. The van der Waals surface area contributed by atoms with E-state index in [0.29, 0.717) is 28.8 Å². The summed E-state index contributed by atoms with van der Waals surface area (Å²) < 4.78 is 4.92. The van der Waals surface area contributed by atoms with Crippen LogP contribution in [0.2, 0.25) is 10.0 Å². The van der Waals surface area contributed by atoms with E-state index in [-0.39, 0.29) is 11.3 Å². The highest BCUT2D eigenvalue weighted by Crippen LogP contribution is 2.23. The number of amides is 1. The van der Waals surface area contributed by atoms with E-state index in [2.05, 4.69) is 0 Å². The molecule has 1 aromatic carbocycles. The monoisotopic (exact) mass is 309 g/mol. The quantitative estimate of drug-likeness (QED) is 0.781. The van der Waals surface area contributed by atoms with Crippen molar-refractivity contribution in [3.05, 3.63) is 33.8 Å². The summed E-state index contributed by atoms with van der Waals surface area (Å²) in [6.45, 7) is 0.787. The van der Waals surface area contributed by atoms with E-state index in [4.69, 9.17) is 39.5 Å². The second-order valence-electron chi connectivity index (χ2n) is 3.87. The minimum Gasteiger partial charge on any atom is -0.383 e. The summed E-state index contributed by atoms with van der Waals surface area (Å²) in [5.41, 5.74) is 0.480. The molecule has 0 aliphatic heterocycles. The summed E-state index contributed by atoms with van der Waals surface area (Å²) in [7, 11) is 3.24. The smallest absolute Gasteiger partial charge is 0.253 e. The average Bonchev–Trinajstić information content (AvgIpc) is 2.32. The Hall–Kier alpha value is -0.480. The molecule has 0 heterocycles. The van der Waals surface area contributed by atoms with Gasteiger partial charge in [0.1, 0.15) is 0 Å². The molecule has 0 aromatic heterocycles. The molecule has 0 fully saturated rings. The van der Waals surface area contributed by atoms with Gasteiger partial charge in [0, 0.05) is 26.3 Å². The number of methoxy groups -OCH3 is 1. The molecule has 18 heavy (non-hydrogen) atoms. The number of ether oxygens (including phenoxy) is 1. The molecule has 1 unspecified atom stereocenters. The Bertz CT molecular complexity index is 426. The fourth-order valence-electron chi connectivity index (χ4n) is 1.46. The molecule has 0 bridgehead atoms. The minimum absolute atomic E-state index is 0.157. The van der Waals surface area contributed by atoms with Crippen LogP contribution >= 0.6 is 34.8 Å². The van der Waals surface area contributed by atoms with Gasteiger partial charge in [0.05, 0.1) is 22.0 Å². The molecular weight excluding hydrogens is 296 g/mol. The lowest BCUT2D eigenvalue weighted by Crippen LogP contribution is -2.33. The predicted octanol–water partition coefficient (Wildman–Crippen LogP) is 3.32. The molecule has 0 N–H and O–H groups in total. The first-order valence-corrected chi connectivity index (χ1v) is 6.48. The van der Waals surface area contributed by atoms with Crippen molar-refractivity contribution in [3.8, 4) is 0 Å². The first-order valence-electron chi connectivity index (χ1n) is 5.29. The van der Waals surface area contributed by atoms with E-state index in [1.165, 1.54) is 4.90 Å². The molecular formula is C12H14Cl3NO2. The van der Waals surface area contributed by atoms with E-state index >= 15 is 0 Å². The van der Waals surface area contributed by atoms with Crippen molar-refractivity contribution in [2.24, 2.45) is 0 Å². The summed E-state index contributed by atoms with van der Waals surface area (Å²) in [4.78, 5) is 13.6.